The molecule has 1 aliphatic heterocycles. The van der Waals surface area contributed by atoms with Crippen molar-refractivity contribution in [3.05, 3.63) is 87.8 Å². The van der Waals surface area contributed by atoms with Gasteiger partial charge in [-0.3, -0.25) is 9.59 Å². The second-order valence-corrected chi connectivity index (χ2v) is 8.52. The molecule has 0 spiro atoms. The first kappa shape index (κ1) is 22.8. The topological polar surface area (TPSA) is 76.1 Å². The number of phenolic OH excluding ortho intramolecular Hbond substituents is 1. The van der Waals surface area contributed by atoms with Gasteiger partial charge in [0.2, 0.25) is 0 Å². The van der Waals surface area contributed by atoms with Gasteiger partial charge in [-0.1, -0.05) is 35.9 Å². The summed E-state index contributed by atoms with van der Waals surface area (Å²) in [6, 6.07) is 18.7. The van der Waals surface area contributed by atoms with Crippen molar-refractivity contribution < 1.29 is 24.2 Å². The quantitative estimate of drug-likeness (QED) is 0.401. The number of thioether (sulfide) groups is 1. The minimum absolute atomic E-state index is 0.0222. The molecule has 1 saturated heterocycles. The van der Waals surface area contributed by atoms with Gasteiger partial charge in [-0.25, -0.2) is 4.90 Å². The Morgan fingerprint density at radius 1 is 1.00 bits per heavy atom. The number of ether oxygens (including phenoxy) is 2. The van der Waals surface area contributed by atoms with Gasteiger partial charge in [-0.2, -0.15) is 0 Å². The summed E-state index contributed by atoms with van der Waals surface area (Å²) in [5.74, 6) is 0.631. The van der Waals surface area contributed by atoms with Crippen LogP contribution in [0.1, 0.15) is 18.1 Å². The number of rotatable bonds is 7. The fourth-order valence-corrected chi connectivity index (χ4v) is 4.18. The molecule has 4 rings (SSSR count). The highest BCUT2D eigenvalue weighted by Crippen LogP contribution is 2.38. The Balaban J connectivity index is 1.55. The number of hydrogen-bond donors (Lipinski definition) is 1. The molecule has 0 aliphatic carbocycles. The molecule has 168 valence electrons. The molecule has 0 aromatic heterocycles. The van der Waals surface area contributed by atoms with Gasteiger partial charge in [-0.15, -0.1) is 0 Å². The van der Waals surface area contributed by atoms with Crippen LogP contribution in [0, 0.1) is 0 Å². The Morgan fingerprint density at radius 2 is 1.79 bits per heavy atom. The number of aromatic hydroxyl groups is 1. The average molecular weight is 482 g/mol. The third kappa shape index (κ3) is 5.32. The van der Waals surface area contributed by atoms with Crippen LogP contribution in [0.2, 0.25) is 5.02 Å². The smallest absolute Gasteiger partial charge is 0.298 e. The van der Waals surface area contributed by atoms with E-state index in [1.54, 1.807) is 48.5 Å². The van der Waals surface area contributed by atoms with Crippen molar-refractivity contribution in [3.8, 4) is 17.2 Å². The molecule has 6 nitrogen and oxygen atoms in total. The summed E-state index contributed by atoms with van der Waals surface area (Å²) in [6.07, 6.45) is 1.64. The van der Waals surface area contributed by atoms with Crippen LogP contribution in [0.5, 0.6) is 17.2 Å². The van der Waals surface area contributed by atoms with E-state index in [1.165, 1.54) is 12.1 Å². The monoisotopic (exact) mass is 481 g/mol. The molecule has 2 amide bonds. The molecular formula is C25H20ClNO5S. The van der Waals surface area contributed by atoms with Crippen molar-refractivity contribution in [3.63, 3.8) is 0 Å². The standard InChI is InChI=1S/C25H20ClNO5S/c1-2-31-22-12-17(8-11-21(22)32-15-16-6-9-18(26)10-7-16)13-23-24(29)27(25(30)33-23)19-4-3-5-20(28)14-19/h3-14,28H,2,15H2,1H3. The third-order valence-corrected chi connectivity index (χ3v) is 5.88. The number of nitrogens with zero attached hydrogens (tertiary/aromatic N) is 1. The first-order valence-corrected chi connectivity index (χ1v) is 11.3. The zero-order valence-electron chi connectivity index (χ0n) is 17.7. The van der Waals surface area contributed by atoms with Crippen molar-refractivity contribution in [2.24, 2.45) is 0 Å². The molecule has 3 aromatic rings. The second-order valence-electron chi connectivity index (χ2n) is 7.09. The van der Waals surface area contributed by atoms with Crippen molar-refractivity contribution >= 4 is 46.3 Å². The Morgan fingerprint density at radius 3 is 2.52 bits per heavy atom. The molecule has 1 heterocycles. The van der Waals surface area contributed by atoms with Crippen molar-refractivity contribution in [2.75, 3.05) is 11.5 Å². The Hall–Kier alpha value is -3.42. The summed E-state index contributed by atoms with van der Waals surface area (Å²) >= 11 is 6.77. The fraction of sp³-hybridized carbons (Fsp3) is 0.120. The zero-order valence-corrected chi connectivity index (χ0v) is 19.2. The van der Waals surface area contributed by atoms with Gasteiger partial charge in [0.1, 0.15) is 12.4 Å². The molecule has 1 fully saturated rings. The SMILES string of the molecule is CCOc1cc(C=C2SC(=O)N(c3cccc(O)c3)C2=O)ccc1OCc1ccc(Cl)cc1. The number of hydrogen-bond acceptors (Lipinski definition) is 6. The predicted octanol–water partition coefficient (Wildman–Crippen LogP) is 6.26. The minimum Gasteiger partial charge on any atom is -0.508 e. The Kier molecular flexibility index (Phi) is 6.91. The summed E-state index contributed by atoms with van der Waals surface area (Å²) in [5.41, 5.74) is 1.98. The lowest BCUT2D eigenvalue weighted by Gasteiger charge is -2.13. The first-order valence-electron chi connectivity index (χ1n) is 10.2. The number of amides is 2. The highest BCUT2D eigenvalue weighted by molar-refractivity contribution is 8.19. The molecule has 0 radical (unpaired) electrons. The van der Waals surface area contributed by atoms with Crippen LogP contribution in [-0.2, 0) is 11.4 Å². The van der Waals surface area contributed by atoms with Gasteiger partial charge < -0.3 is 14.6 Å². The van der Waals surface area contributed by atoms with Crippen LogP contribution in [-0.4, -0.2) is 22.9 Å². The van der Waals surface area contributed by atoms with Gasteiger partial charge in [0.15, 0.2) is 11.5 Å². The van der Waals surface area contributed by atoms with Gasteiger partial charge in [0.25, 0.3) is 11.1 Å². The maximum absolute atomic E-state index is 12.9. The van der Waals surface area contributed by atoms with E-state index < -0.39 is 11.1 Å². The molecule has 0 atom stereocenters. The highest BCUT2D eigenvalue weighted by atomic mass is 35.5. The second kappa shape index (κ2) is 10.0. The molecule has 0 saturated carbocycles. The van der Waals surface area contributed by atoms with Crippen molar-refractivity contribution in [1.82, 2.24) is 0 Å². The molecule has 1 N–H and O–H groups in total. The minimum atomic E-state index is -0.448. The largest absolute Gasteiger partial charge is 0.508 e. The van der Waals surface area contributed by atoms with Crippen molar-refractivity contribution in [1.29, 1.82) is 0 Å². The van der Waals surface area contributed by atoms with Gasteiger partial charge in [0, 0.05) is 11.1 Å². The van der Waals surface area contributed by atoms with E-state index in [-0.39, 0.29) is 10.7 Å². The lowest BCUT2D eigenvalue weighted by atomic mass is 10.1. The zero-order chi connectivity index (χ0) is 23.4. The molecule has 3 aromatic carbocycles. The third-order valence-electron chi connectivity index (χ3n) is 4.75. The van der Waals surface area contributed by atoms with E-state index in [1.807, 2.05) is 19.1 Å². The van der Waals surface area contributed by atoms with Gasteiger partial charge in [0.05, 0.1) is 17.2 Å². The van der Waals surface area contributed by atoms with E-state index in [4.69, 9.17) is 21.1 Å². The molecular weight excluding hydrogens is 462 g/mol. The van der Waals surface area contributed by atoms with E-state index in [0.717, 1.165) is 22.2 Å². The lowest BCUT2D eigenvalue weighted by Crippen LogP contribution is -2.27. The number of carbonyl (C=O) groups excluding carboxylic acids is 2. The molecule has 33 heavy (non-hydrogen) atoms. The predicted molar refractivity (Wildman–Crippen MR) is 130 cm³/mol. The van der Waals surface area contributed by atoms with Crippen LogP contribution >= 0.6 is 23.4 Å². The van der Waals surface area contributed by atoms with E-state index in [2.05, 4.69) is 0 Å². The normalized spacial score (nSPS) is 14.7. The number of phenols is 1. The molecule has 1 aliphatic rings. The first-order chi connectivity index (χ1) is 15.9. The fourth-order valence-electron chi connectivity index (χ4n) is 3.22. The van der Waals surface area contributed by atoms with Crippen LogP contribution in [0.4, 0.5) is 10.5 Å². The van der Waals surface area contributed by atoms with Crippen molar-refractivity contribution in [2.45, 2.75) is 13.5 Å². The van der Waals surface area contributed by atoms with Gasteiger partial charge in [-0.05, 0) is 72.3 Å². The lowest BCUT2D eigenvalue weighted by molar-refractivity contribution is -0.113. The van der Waals surface area contributed by atoms with E-state index in [0.29, 0.717) is 41.0 Å². The van der Waals surface area contributed by atoms with Crippen LogP contribution in [0.3, 0.4) is 0 Å². The molecule has 8 heteroatoms. The number of halogens is 1. The highest BCUT2D eigenvalue weighted by Gasteiger charge is 2.36. The summed E-state index contributed by atoms with van der Waals surface area (Å²) < 4.78 is 11.6. The molecule has 0 bridgehead atoms. The number of anilines is 1. The average Bonchev–Trinajstić information content (AvgIpc) is 3.07. The van der Waals surface area contributed by atoms with Gasteiger partial charge >= 0.3 is 0 Å². The van der Waals surface area contributed by atoms with E-state index in [9.17, 15) is 14.7 Å². The Bertz CT molecular complexity index is 1230. The maximum Gasteiger partial charge on any atom is 0.298 e. The summed E-state index contributed by atoms with van der Waals surface area (Å²) in [7, 11) is 0. The maximum atomic E-state index is 12.9. The van der Waals surface area contributed by atoms with Crippen LogP contribution < -0.4 is 14.4 Å². The van der Waals surface area contributed by atoms with Crippen LogP contribution in [0.25, 0.3) is 6.08 Å². The number of imide groups is 1. The Labute approximate surface area is 200 Å². The summed E-state index contributed by atoms with van der Waals surface area (Å²) in [4.78, 5) is 26.6. The molecule has 0 unspecified atom stereocenters. The van der Waals surface area contributed by atoms with E-state index >= 15 is 0 Å². The summed E-state index contributed by atoms with van der Waals surface area (Å²) in [5, 5.41) is 9.91. The number of carbonyl (C=O) groups is 2. The van der Waals surface area contributed by atoms with Crippen LogP contribution in [0.15, 0.2) is 71.6 Å². The summed E-state index contributed by atoms with van der Waals surface area (Å²) in [6.45, 7) is 2.66. The number of benzene rings is 3.